The van der Waals surface area contributed by atoms with Gasteiger partial charge in [-0.05, 0) is 44.3 Å². The number of carbonyl (C=O) groups excluding carboxylic acids is 1. The number of rotatable bonds is 2. The van der Waals surface area contributed by atoms with Crippen molar-refractivity contribution in [3.63, 3.8) is 0 Å². The molecule has 5 nitrogen and oxygen atoms in total. The molecule has 6 heteroatoms. The van der Waals surface area contributed by atoms with Crippen molar-refractivity contribution >= 4 is 39.8 Å². The maximum Gasteiger partial charge on any atom is 0.272 e. The van der Waals surface area contributed by atoms with Crippen molar-refractivity contribution < 1.29 is 4.79 Å². The Hall–Kier alpha value is -2.86. The summed E-state index contributed by atoms with van der Waals surface area (Å²) < 4.78 is 0. The number of para-hydroxylation sites is 1. The topological polar surface area (TPSA) is 68.9 Å². The third-order valence-corrected chi connectivity index (χ3v) is 3.92. The first-order valence-electron chi connectivity index (χ1n) is 7.56. The molecule has 0 saturated carbocycles. The molecule has 4 N–H and O–H groups in total. The Labute approximate surface area is 145 Å². The molecule has 0 aliphatic heterocycles. The average Bonchev–Trinajstić information content (AvgIpc) is 2.90. The summed E-state index contributed by atoms with van der Waals surface area (Å²) in [6.45, 7) is 3.89. The Morgan fingerprint density at radius 3 is 2.46 bits per heavy atom. The monoisotopic (exact) mass is 338 g/mol. The molecule has 0 unspecified atom stereocenters. The molecule has 122 valence electrons. The van der Waals surface area contributed by atoms with Crippen LogP contribution in [0.3, 0.4) is 0 Å². The smallest absolute Gasteiger partial charge is 0.272 e. The second kappa shape index (κ2) is 6.72. The van der Waals surface area contributed by atoms with Crippen LogP contribution in [-0.2, 0) is 0 Å². The number of thiocarbonyl (C=S) groups is 1. The van der Waals surface area contributed by atoms with Crippen LogP contribution >= 0.6 is 12.2 Å². The number of H-pyrrole nitrogens is 1. The molecule has 1 aromatic heterocycles. The predicted octanol–water partition coefficient (Wildman–Crippen LogP) is 3.42. The van der Waals surface area contributed by atoms with Crippen molar-refractivity contribution in [3.8, 4) is 0 Å². The number of aromatic amines is 1. The number of hydrogen-bond donors (Lipinski definition) is 4. The first-order chi connectivity index (χ1) is 11.5. The molecular weight excluding hydrogens is 320 g/mol. The number of hydrogen-bond acceptors (Lipinski definition) is 2. The summed E-state index contributed by atoms with van der Waals surface area (Å²) >= 11 is 5.20. The van der Waals surface area contributed by atoms with E-state index in [9.17, 15) is 4.79 Å². The van der Waals surface area contributed by atoms with Crippen molar-refractivity contribution in [2.75, 3.05) is 5.32 Å². The van der Waals surface area contributed by atoms with Crippen LogP contribution in [0.15, 0.2) is 48.5 Å². The number of nitrogens with one attached hydrogen (secondary N) is 4. The van der Waals surface area contributed by atoms with E-state index in [0.29, 0.717) is 10.7 Å². The SMILES string of the molecule is Cc1ccc(NC(=S)NNC(=O)c2c(C)[nH]c3ccccc23)cc1. The number of fused-ring (bicyclic) bond motifs is 1. The van der Waals surface area contributed by atoms with Crippen molar-refractivity contribution in [1.82, 2.24) is 15.8 Å². The van der Waals surface area contributed by atoms with Crippen LogP contribution in [0.25, 0.3) is 10.9 Å². The molecule has 1 heterocycles. The number of aryl methyl sites for hydroxylation is 2. The largest absolute Gasteiger partial charge is 0.358 e. The van der Waals surface area contributed by atoms with Crippen LogP contribution in [0.5, 0.6) is 0 Å². The first kappa shape index (κ1) is 16.0. The number of benzene rings is 2. The zero-order valence-corrected chi connectivity index (χ0v) is 14.3. The van der Waals surface area contributed by atoms with Gasteiger partial charge < -0.3 is 10.3 Å². The van der Waals surface area contributed by atoms with Gasteiger partial charge in [0.25, 0.3) is 5.91 Å². The van der Waals surface area contributed by atoms with Crippen LogP contribution in [0, 0.1) is 13.8 Å². The molecule has 24 heavy (non-hydrogen) atoms. The molecule has 0 atom stereocenters. The van der Waals surface area contributed by atoms with Gasteiger partial charge >= 0.3 is 0 Å². The van der Waals surface area contributed by atoms with Gasteiger partial charge in [-0.2, -0.15) is 0 Å². The van der Waals surface area contributed by atoms with Crippen molar-refractivity contribution in [1.29, 1.82) is 0 Å². The maximum absolute atomic E-state index is 12.5. The van der Waals surface area contributed by atoms with E-state index in [1.165, 1.54) is 5.56 Å². The second-order valence-corrected chi connectivity index (χ2v) is 5.98. The summed E-state index contributed by atoms with van der Waals surface area (Å²) in [7, 11) is 0. The molecule has 0 radical (unpaired) electrons. The van der Waals surface area contributed by atoms with Crippen molar-refractivity contribution in [3.05, 3.63) is 65.4 Å². The van der Waals surface area contributed by atoms with Crippen molar-refractivity contribution in [2.24, 2.45) is 0 Å². The second-order valence-electron chi connectivity index (χ2n) is 5.57. The molecule has 0 aliphatic carbocycles. The van der Waals surface area contributed by atoms with E-state index in [2.05, 4.69) is 21.2 Å². The molecule has 0 aliphatic rings. The highest BCUT2D eigenvalue weighted by Gasteiger charge is 2.15. The van der Waals surface area contributed by atoms with Gasteiger partial charge in [-0.15, -0.1) is 0 Å². The lowest BCUT2D eigenvalue weighted by Gasteiger charge is -2.12. The average molecular weight is 338 g/mol. The van der Waals surface area contributed by atoms with E-state index in [4.69, 9.17) is 12.2 Å². The number of hydrazine groups is 1. The molecule has 0 spiro atoms. The van der Waals surface area contributed by atoms with Crippen LogP contribution in [-0.4, -0.2) is 16.0 Å². The molecule has 3 rings (SSSR count). The van der Waals surface area contributed by atoms with E-state index in [1.807, 2.05) is 62.4 Å². The quantitative estimate of drug-likeness (QED) is 0.427. The third kappa shape index (κ3) is 3.38. The van der Waals surface area contributed by atoms with E-state index < -0.39 is 0 Å². The lowest BCUT2D eigenvalue weighted by Crippen LogP contribution is -2.43. The van der Waals surface area contributed by atoms with Crippen LogP contribution in [0.4, 0.5) is 5.69 Å². The minimum absolute atomic E-state index is 0.238. The van der Waals surface area contributed by atoms with E-state index in [-0.39, 0.29) is 5.91 Å². The molecular formula is C18H18N4OS. The molecule has 2 aromatic carbocycles. The molecule has 3 aromatic rings. The summed E-state index contributed by atoms with van der Waals surface area (Å²) in [5.74, 6) is -0.238. The lowest BCUT2D eigenvalue weighted by atomic mass is 10.1. The highest BCUT2D eigenvalue weighted by molar-refractivity contribution is 7.80. The lowest BCUT2D eigenvalue weighted by molar-refractivity contribution is 0.0945. The van der Waals surface area contributed by atoms with Crippen molar-refractivity contribution in [2.45, 2.75) is 13.8 Å². The Kier molecular flexibility index (Phi) is 4.48. The van der Waals surface area contributed by atoms with Gasteiger partial charge in [0.2, 0.25) is 0 Å². The third-order valence-electron chi connectivity index (χ3n) is 3.72. The minimum atomic E-state index is -0.238. The Balaban J connectivity index is 1.65. The predicted molar refractivity (Wildman–Crippen MR) is 101 cm³/mol. The molecule has 0 bridgehead atoms. The van der Waals surface area contributed by atoms with E-state index in [1.54, 1.807) is 0 Å². The first-order valence-corrected chi connectivity index (χ1v) is 7.97. The van der Waals surface area contributed by atoms with Gasteiger partial charge in [0.15, 0.2) is 5.11 Å². The van der Waals surface area contributed by atoms with Gasteiger partial charge in [-0.25, -0.2) is 0 Å². The fraction of sp³-hybridized carbons (Fsp3) is 0.111. The zero-order chi connectivity index (χ0) is 17.1. The van der Waals surface area contributed by atoms with Crippen LogP contribution in [0.2, 0.25) is 0 Å². The van der Waals surface area contributed by atoms with E-state index in [0.717, 1.165) is 22.3 Å². The summed E-state index contributed by atoms with van der Waals surface area (Å²) in [6, 6.07) is 15.5. The fourth-order valence-electron chi connectivity index (χ4n) is 2.54. The normalized spacial score (nSPS) is 10.4. The standard InChI is InChI=1S/C18H18N4OS/c1-11-7-9-13(10-8-11)20-18(24)22-21-17(23)16-12(2)19-15-6-4-3-5-14(15)16/h3-10,19H,1-2H3,(H,21,23)(H2,20,22,24). The van der Waals surface area contributed by atoms with E-state index >= 15 is 0 Å². The van der Waals surface area contributed by atoms with Gasteiger partial charge in [0, 0.05) is 22.3 Å². The summed E-state index contributed by atoms with van der Waals surface area (Å²) in [5, 5.41) is 4.22. The summed E-state index contributed by atoms with van der Waals surface area (Å²) in [4.78, 5) is 15.7. The molecule has 1 amide bonds. The van der Waals surface area contributed by atoms with Gasteiger partial charge in [0.05, 0.1) is 5.56 Å². The number of aromatic nitrogens is 1. The highest BCUT2D eigenvalue weighted by atomic mass is 32.1. The maximum atomic E-state index is 12.5. The van der Waals surface area contributed by atoms with Gasteiger partial charge in [-0.1, -0.05) is 35.9 Å². The van der Waals surface area contributed by atoms with Gasteiger partial charge in [-0.3, -0.25) is 15.6 Å². The van der Waals surface area contributed by atoms with Gasteiger partial charge in [0.1, 0.15) is 0 Å². The van der Waals surface area contributed by atoms with Crippen LogP contribution < -0.4 is 16.2 Å². The molecule has 0 fully saturated rings. The number of carbonyl (C=O) groups is 1. The molecule has 0 saturated heterocycles. The Morgan fingerprint density at radius 2 is 1.71 bits per heavy atom. The number of anilines is 1. The number of amides is 1. The Bertz CT molecular complexity index is 899. The zero-order valence-electron chi connectivity index (χ0n) is 13.4. The fourth-order valence-corrected chi connectivity index (χ4v) is 2.71. The minimum Gasteiger partial charge on any atom is -0.358 e. The Morgan fingerprint density at radius 1 is 1.00 bits per heavy atom. The summed E-state index contributed by atoms with van der Waals surface area (Å²) in [6.07, 6.45) is 0. The highest BCUT2D eigenvalue weighted by Crippen LogP contribution is 2.21. The van der Waals surface area contributed by atoms with Crippen LogP contribution in [0.1, 0.15) is 21.6 Å². The summed E-state index contributed by atoms with van der Waals surface area (Å²) in [5.41, 5.74) is 9.75.